The number of aryl methyl sites for hydroxylation is 1. The number of para-hydroxylation sites is 1. The molecule has 2 rings (SSSR count). The molecule has 2 aromatic rings. The number of benzene rings is 1. The minimum absolute atomic E-state index is 1.02. The molecule has 0 fully saturated rings. The SMILES string of the molecule is CCCCCCC[n+]1cn(-c2ccccc2)cn1. The van der Waals surface area contributed by atoms with Gasteiger partial charge in [0.15, 0.2) is 0 Å². The molecule has 0 aliphatic heterocycles. The van der Waals surface area contributed by atoms with E-state index < -0.39 is 0 Å². The molecule has 1 aromatic carbocycles. The summed E-state index contributed by atoms with van der Waals surface area (Å²) in [5.74, 6) is 0. The third kappa shape index (κ3) is 3.69. The Morgan fingerprint density at radius 1 is 1.06 bits per heavy atom. The summed E-state index contributed by atoms with van der Waals surface area (Å²) in [6.45, 7) is 3.26. The second-order valence-corrected chi connectivity index (χ2v) is 4.67. The van der Waals surface area contributed by atoms with E-state index in [2.05, 4.69) is 35.0 Å². The highest BCUT2D eigenvalue weighted by atomic mass is 15.3. The molecule has 1 aromatic heterocycles. The minimum atomic E-state index is 1.02. The van der Waals surface area contributed by atoms with Crippen LogP contribution in [0, 0.1) is 0 Å². The van der Waals surface area contributed by atoms with Crippen LogP contribution in [-0.2, 0) is 6.54 Å². The Kier molecular flexibility index (Phi) is 4.94. The Bertz CT molecular complexity index is 448. The molecule has 96 valence electrons. The molecule has 0 saturated heterocycles. The molecular weight excluding hydrogens is 222 g/mol. The van der Waals surface area contributed by atoms with E-state index in [4.69, 9.17) is 0 Å². The van der Waals surface area contributed by atoms with Gasteiger partial charge in [-0.2, -0.15) is 4.57 Å². The highest BCUT2D eigenvalue weighted by Crippen LogP contribution is 2.04. The molecule has 3 heteroatoms. The van der Waals surface area contributed by atoms with Crippen molar-refractivity contribution in [2.24, 2.45) is 0 Å². The van der Waals surface area contributed by atoms with Gasteiger partial charge in [-0.25, -0.2) is 0 Å². The van der Waals surface area contributed by atoms with Crippen LogP contribution in [0.1, 0.15) is 39.0 Å². The van der Waals surface area contributed by atoms with Crippen molar-refractivity contribution in [3.8, 4) is 5.69 Å². The maximum Gasteiger partial charge on any atom is 0.270 e. The summed E-state index contributed by atoms with van der Waals surface area (Å²) in [5.41, 5.74) is 1.16. The molecule has 0 spiro atoms. The zero-order valence-electron chi connectivity index (χ0n) is 11.1. The summed E-state index contributed by atoms with van der Waals surface area (Å²) < 4.78 is 4.09. The third-order valence-corrected chi connectivity index (χ3v) is 3.13. The second kappa shape index (κ2) is 6.94. The van der Waals surface area contributed by atoms with Crippen LogP contribution in [0.15, 0.2) is 43.0 Å². The maximum atomic E-state index is 4.39. The molecule has 0 bridgehead atoms. The van der Waals surface area contributed by atoms with E-state index in [0.29, 0.717) is 0 Å². The van der Waals surface area contributed by atoms with Crippen LogP contribution in [0.2, 0.25) is 0 Å². The average molecular weight is 244 g/mol. The number of aromatic nitrogens is 3. The minimum Gasteiger partial charge on any atom is -0.184 e. The fourth-order valence-corrected chi connectivity index (χ4v) is 2.05. The summed E-state index contributed by atoms with van der Waals surface area (Å²) in [5, 5.41) is 4.39. The zero-order valence-corrected chi connectivity index (χ0v) is 11.1. The summed E-state index contributed by atoms with van der Waals surface area (Å²) in [4.78, 5) is 0. The van der Waals surface area contributed by atoms with Gasteiger partial charge in [0, 0.05) is 0 Å². The van der Waals surface area contributed by atoms with E-state index >= 15 is 0 Å². The molecule has 0 amide bonds. The van der Waals surface area contributed by atoms with Gasteiger partial charge >= 0.3 is 0 Å². The Morgan fingerprint density at radius 3 is 2.61 bits per heavy atom. The summed E-state index contributed by atoms with van der Waals surface area (Å²) in [6.07, 6.45) is 10.5. The monoisotopic (exact) mass is 244 g/mol. The van der Waals surface area contributed by atoms with Crippen LogP contribution >= 0.6 is 0 Å². The second-order valence-electron chi connectivity index (χ2n) is 4.67. The van der Waals surface area contributed by atoms with Crippen molar-refractivity contribution in [3.05, 3.63) is 43.0 Å². The smallest absolute Gasteiger partial charge is 0.184 e. The first-order chi connectivity index (χ1) is 8.90. The Labute approximate surface area is 109 Å². The Balaban J connectivity index is 1.83. The highest BCUT2D eigenvalue weighted by molar-refractivity contribution is 5.29. The van der Waals surface area contributed by atoms with E-state index in [1.165, 1.54) is 32.1 Å². The molecule has 3 nitrogen and oxygen atoms in total. The summed E-state index contributed by atoms with van der Waals surface area (Å²) >= 11 is 0. The normalized spacial score (nSPS) is 10.7. The number of hydrogen-bond acceptors (Lipinski definition) is 1. The van der Waals surface area contributed by atoms with E-state index in [1.807, 2.05) is 29.2 Å². The van der Waals surface area contributed by atoms with Crippen molar-refractivity contribution in [1.82, 2.24) is 9.67 Å². The van der Waals surface area contributed by atoms with Gasteiger partial charge < -0.3 is 0 Å². The lowest BCUT2D eigenvalue weighted by Crippen LogP contribution is -2.34. The largest absolute Gasteiger partial charge is 0.270 e. The van der Waals surface area contributed by atoms with Gasteiger partial charge in [-0.1, -0.05) is 44.4 Å². The number of nitrogens with zero attached hydrogens (tertiary/aromatic N) is 3. The van der Waals surface area contributed by atoms with Crippen molar-refractivity contribution in [3.63, 3.8) is 0 Å². The standard InChI is InChI=1S/C15H22N3/c1-2-3-4-5-9-12-18-14-17(13-16-18)15-10-7-6-8-11-15/h6-8,10-11,13-14H,2-5,9,12H2,1H3/q+1. The lowest BCUT2D eigenvalue weighted by Gasteiger charge is -1.96. The zero-order chi connectivity index (χ0) is 12.6. The lowest BCUT2D eigenvalue weighted by molar-refractivity contribution is -0.752. The van der Waals surface area contributed by atoms with Crippen molar-refractivity contribution < 1.29 is 4.68 Å². The molecule has 0 aliphatic rings. The molecule has 0 N–H and O–H groups in total. The van der Waals surface area contributed by atoms with E-state index in [-0.39, 0.29) is 0 Å². The molecular formula is C15H22N3+. The van der Waals surface area contributed by atoms with Crippen LogP contribution in [0.25, 0.3) is 5.69 Å². The van der Waals surface area contributed by atoms with Gasteiger partial charge in [-0.3, -0.25) is 0 Å². The first kappa shape index (κ1) is 12.8. The van der Waals surface area contributed by atoms with E-state index in [1.54, 1.807) is 0 Å². The van der Waals surface area contributed by atoms with Crippen LogP contribution in [0.5, 0.6) is 0 Å². The lowest BCUT2D eigenvalue weighted by atomic mass is 10.1. The fourth-order valence-electron chi connectivity index (χ4n) is 2.05. The first-order valence-corrected chi connectivity index (χ1v) is 6.89. The number of rotatable bonds is 7. The third-order valence-electron chi connectivity index (χ3n) is 3.13. The molecule has 0 aliphatic carbocycles. The summed E-state index contributed by atoms with van der Waals surface area (Å²) in [6, 6.07) is 10.3. The van der Waals surface area contributed by atoms with Crippen molar-refractivity contribution in [2.75, 3.05) is 0 Å². The molecule has 0 unspecified atom stereocenters. The predicted octanol–water partition coefficient (Wildman–Crippen LogP) is 3.13. The van der Waals surface area contributed by atoms with Crippen LogP contribution in [-0.4, -0.2) is 9.67 Å². The van der Waals surface area contributed by atoms with Gasteiger partial charge in [0.1, 0.15) is 12.2 Å². The van der Waals surface area contributed by atoms with Crippen molar-refractivity contribution >= 4 is 0 Å². The average Bonchev–Trinajstić information content (AvgIpc) is 2.88. The van der Waals surface area contributed by atoms with E-state index in [0.717, 1.165) is 12.2 Å². The van der Waals surface area contributed by atoms with Crippen molar-refractivity contribution in [2.45, 2.75) is 45.6 Å². The number of hydrogen-bond donors (Lipinski definition) is 0. The van der Waals surface area contributed by atoms with Gasteiger partial charge in [-0.15, -0.1) is 4.68 Å². The molecule has 0 atom stereocenters. The van der Waals surface area contributed by atoms with Gasteiger partial charge in [0.05, 0.1) is 0 Å². The quantitative estimate of drug-likeness (QED) is 0.541. The van der Waals surface area contributed by atoms with Gasteiger partial charge in [0.2, 0.25) is 6.33 Å². The number of unbranched alkanes of at least 4 members (excludes halogenated alkanes) is 4. The van der Waals surface area contributed by atoms with Crippen LogP contribution < -0.4 is 4.68 Å². The Morgan fingerprint density at radius 2 is 1.83 bits per heavy atom. The molecule has 18 heavy (non-hydrogen) atoms. The molecule has 1 heterocycles. The highest BCUT2D eigenvalue weighted by Gasteiger charge is 2.06. The van der Waals surface area contributed by atoms with Gasteiger partial charge in [0.25, 0.3) is 6.33 Å². The fraction of sp³-hybridized carbons (Fsp3) is 0.467. The predicted molar refractivity (Wildman–Crippen MR) is 72.5 cm³/mol. The van der Waals surface area contributed by atoms with E-state index in [9.17, 15) is 0 Å². The molecule has 0 saturated carbocycles. The van der Waals surface area contributed by atoms with Crippen LogP contribution in [0.3, 0.4) is 0 Å². The van der Waals surface area contributed by atoms with Gasteiger partial charge in [-0.05, 0) is 30.1 Å². The van der Waals surface area contributed by atoms with Crippen molar-refractivity contribution in [1.29, 1.82) is 0 Å². The topological polar surface area (TPSA) is 21.7 Å². The maximum absolute atomic E-state index is 4.39. The van der Waals surface area contributed by atoms with Crippen LogP contribution in [0.4, 0.5) is 0 Å². The Hall–Kier alpha value is -1.64. The molecule has 0 radical (unpaired) electrons. The summed E-state index contributed by atoms with van der Waals surface area (Å²) in [7, 11) is 0. The first-order valence-electron chi connectivity index (χ1n) is 6.89.